The van der Waals surface area contributed by atoms with Crippen LogP contribution < -0.4 is 5.32 Å². The van der Waals surface area contributed by atoms with Gasteiger partial charge in [-0.3, -0.25) is 4.79 Å². The zero-order valence-electron chi connectivity index (χ0n) is 13.5. The van der Waals surface area contributed by atoms with Crippen LogP contribution >= 0.6 is 23.4 Å². The van der Waals surface area contributed by atoms with Gasteiger partial charge in [-0.05, 0) is 34.2 Å². The highest BCUT2D eigenvalue weighted by Gasteiger charge is 2.11. The number of nitriles is 1. The fourth-order valence-corrected chi connectivity index (χ4v) is 3.07. The predicted molar refractivity (Wildman–Crippen MR) is 98.9 cm³/mol. The highest BCUT2D eigenvalue weighted by molar-refractivity contribution is 7.99. The van der Waals surface area contributed by atoms with E-state index < -0.39 is 0 Å². The first kappa shape index (κ1) is 17.9. The molecule has 0 aliphatic carbocycles. The number of halogens is 1. The third kappa shape index (κ3) is 4.59. The van der Waals surface area contributed by atoms with Crippen LogP contribution in [0.3, 0.4) is 0 Å². The number of aromatic nitrogens is 4. The predicted octanol–water partition coefficient (Wildman–Crippen LogP) is 2.98. The monoisotopic (exact) mass is 384 g/mol. The van der Waals surface area contributed by atoms with Crippen LogP contribution in [0.2, 0.25) is 5.02 Å². The van der Waals surface area contributed by atoms with Gasteiger partial charge in [0.25, 0.3) is 0 Å². The van der Waals surface area contributed by atoms with Crippen molar-refractivity contribution in [2.45, 2.75) is 11.7 Å². The van der Waals surface area contributed by atoms with Crippen molar-refractivity contribution in [3.05, 3.63) is 64.7 Å². The maximum atomic E-state index is 12.1. The van der Waals surface area contributed by atoms with Crippen LogP contribution in [0.25, 0.3) is 0 Å². The Morgan fingerprint density at radius 2 is 2.08 bits per heavy atom. The molecule has 0 atom stereocenters. The molecular formula is C17H13ClN6OS. The molecule has 0 aliphatic rings. The van der Waals surface area contributed by atoms with Crippen molar-refractivity contribution in [1.29, 1.82) is 5.26 Å². The third-order valence-electron chi connectivity index (χ3n) is 3.38. The van der Waals surface area contributed by atoms with Crippen LogP contribution in [0, 0.1) is 11.3 Å². The summed E-state index contributed by atoms with van der Waals surface area (Å²) >= 11 is 7.20. The van der Waals surface area contributed by atoms with Crippen LogP contribution in [-0.4, -0.2) is 31.9 Å². The topological polar surface area (TPSA) is 96.5 Å². The number of tetrazole rings is 1. The van der Waals surface area contributed by atoms with Crippen molar-refractivity contribution in [2.75, 3.05) is 11.1 Å². The fraction of sp³-hybridized carbons (Fsp3) is 0.118. The Morgan fingerprint density at radius 3 is 2.81 bits per heavy atom. The second-order valence-corrected chi connectivity index (χ2v) is 6.60. The zero-order valence-corrected chi connectivity index (χ0v) is 15.0. The number of amides is 1. The number of carbonyl (C=O) groups excluding carboxylic acids is 1. The van der Waals surface area contributed by atoms with E-state index in [1.54, 1.807) is 22.9 Å². The number of rotatable bonds is 6. The molecule has 1 heterocycles. The van der Waals surface area contributed by atoms with Crippen LogP contribution in [-0.2, 0) is 11.3 Å². The third-order valence-corrected chi connectivity index (χ3v) is 4.65. The molecule has 0 unspecified atom stereocenters. The maximum absolute atomic E-state index is 12.1. The van der Waals surface area contributed by atoms with Crippen LogP contribution in [0.15, 0.2) is 53.7 Å². The zero-order chi connectivity index (χ0) is 18.4. The number of benzene rings is 2. The maximum Gasteiger partial charge on any atom is 0.234 e. The number of hydrogen-bond acceptors (Lipinski definition) is 6. The summed E-state index contributed by atoms with van der Waals surface area (Å²) in [6.45, 7) is 0.531. The van der Waals surface area contributed by atoms with Crippen molar-refractivity contribution in [3.8, 4) is 6.07 Å². The molecule has 3 rings (SSSR count). The average molecular weight is 385 g/mol. The van der Waals surface area contributed by atoms with Crippen molar-refractivity contribution in [1.82, 2.24) is 20.2 Å². The Labute approximate surface area is 159 Å². The van der Waals surface area contributed by atoms with Gasteiger partial charge in [-0.15, -0.1) is 5.10 Å². The van der Waals surface area contributed by atoms with Crippen molar-refractivity contribution >= 4 is 35.0 Å². The lowest BCUT2D eigenvalue weighted by Gasteiger charge is -2.07. The van der Waals surface area contributed by atoms with E-state index in [1.165, 1.54) is 11.8 Å². The number of anilines is 1. The van der Waals surface area contributed by atoms with Gasteiger partial charge >= 0.3 is 0 Å². The number of thioether (sulfide) groups is 1. The first-order valence-corrected chi connectivity index (χ1v) is 8.94. The second kappa shape index (κ2) is 8.47. The van der Waals surface area contributed by atoms with Gasteiger partial charge in [-0.1, -0.05) is 53.7 Å². The molecule has 3 aromatic rings. The summed E-state index contributed by atoms with van der Waals surface area (Å²) in [4.78, 5) is 12.1. The SMILES string of the molecule is N#Cc1ccc(NC(=O)CSc2nnnn2Cc2ccccc2)cc1Cl. The van der Waals surface area contributed by atoms with Crippen LogP contribution in [0.5, 0.6) is 0 Å². The lowest BCUT2D eigenvalue weighted by Crippen LogP contribution is -2.15. The molecule has 2 aromatic carbocycles. The molecule has 130 valence electrons. The van der Waals surface area contributed by atoms with Crippen LogP contribution in [0.1, 0.15) is 11.1 Å². The Morgan fingerprint density at radius 1 is 1.27 bits per heavy atom. The quantitative estimate of drug-likeness (QED) is 0.656. The number of nitrogens with zero attached hydrogens (tertiary/aromatic N) is 5. The molecule has 0 aliphatic heterocycles. The molecule has 1 amide bonds. The average Bonchev–Trinajstić information content (AvgIpc) is 3.08. The molecule has 0 spiro atoms. The summed E-state index contributed by atoms with van der Waals surface area (Å²) in [5, 5.41) is 24.0. The van der Waals surface area contributed by atoms with E-state index in [4.69, 9.17) is 16.9 Å². The second-order valence-electron chi connectivity index (χ2n) is 5.25. The summed E-state index contributed by atoms with van der Waals surface area (Å²) in [5.41, 5.74) is 1.96. The summed E-state index contributed by atoms with van der Waals surface area (Å²) in [5.74, 6) is -0.0719. The molecule has 0 saturated carbocycles. The minimum atomic E-state index is -0.218. The van der Waals surface area contributed by atoms with Gasteiger partial charge in [-0.25, -0.2) is 4.68 Å². The lowest BCUT2D eigenvalue weighted by molar-refractivity contribution is -0.113. The highest BCUT2D eigenvalue weighted by atomic mass is 35.5. The van der Waals surface area contributed by atoms with Gasteiger partial charge in [0.15, 0.2) is 0 Å². The Kier molecular flexibility index (Phi) is 5.84. The first-order chi connectivity index (χ1) is 12.7. The van der Waals surface area contributed by atoms with Crippen molar-refractivity contribution in [3.63, 3.8) is 0 Å². The van der Waals surface area contributed by atoms with E-state index in [-0.39, 0.29) is 11.7 Å². The van der Waals surface area contributed by atoms with E-state index in [2.05, 4.69) is 20.8 Å². The van der Waals surface area contributed by atoms with E-state index in [1.807, 2.05) is 36.4 Å². The van der Waals surface area contributed by atoms with E-state index >= 15 is 0 Å². The Hall–Kier alpha value is -2.89. The minimum Gasteiger partial charge on any atom is -0.325 e. The molecule has 0 radical (unpaired) electrons. The molecule has 1 N–H and O–H groups in total. The Bertz CT molecular complexity index is 953. The van der Waals surface area contributed by atoms with Gasteiger partial charge < -0.3 is 5.32 Å². The molecule has 7 nitrogen and oxygen atoms in total. The lowest BCUT2D eigenvalue weighted by atomic mass is 10.2. The normalized spacial score (nSPS) is 10.3. The standard InChI is InChI=1S/C17H13ClN6OS/c18-15-8-14(7-6-13(15)9-19)20-16(25)11-26-17-21-22-23-24(17)10-12-4-2-1-3-5-12/h1-8H,10-11H2,(H,20,25). The summed E-state index contributed by atoms with van der Waals surface area (Å²) < 4.78 is 1.64. The molecular weight excluding hydrogens is 372 g/mol. The molecule has 9 heteroatoms. The van der Waals surface area contributed by atoms with Gasteiger partial charge in [0.05, 0.1) is 22.9 Å². The number of nitrogens with one attached hydrogen (secondary N) is 1. The number of carbonyl (C=O) groups is 1. The van der Waals surface area contributed by atoms with Crippen molar-refractivity contribution in [2.24, 2.45) is 0 Å². The molecule has 26 heavy (non-hydrogen) atoms. The van der Waals surface area contributed by atoms with Gasteiger partial charge in [-0.2, -0.15) is 5.26 Å². The van der Waals surface area contributed by atoms with Gasteiger partial charge in [0.2, 0.25) is 11.1 Å². The summed E-state index contributed by atoms with van der Waals surface area (Å²) in [7, 11) is 0. The summed E-state index contributed by atoms with van der Waals surface area (Å²) in [6, 6.07) is 16.5. The molecule has 0 bridgehead atoms. The Balaban J connectivity index is 1.58. The largest absolute Gasteiger partial charge is 0.325 e. The molecule has 1 aromatic heterocycles. The smallest absolute Gasteiger partial charge is 0.234 e. The van der Waals surface area contributed by atoms with Gasteiger partial charge in [0.1, 0.15) is 6.07 Å². The van der Waals surface area contributed by atoms with E-state index in [9.17, 15) is 4.79 Å². The van der Waals surface area contributed by atoms with Gasteiger partial charge in [0, 0.05) is 5.69 Å². The first-order valence-electron chi connectivity index (χ1n) is 7.58. The minimum absolute atomic E-state index is 0.146. The number of hydrogen-bond donors (Lipinski definition) is 1. The summed E-state index contributed by atoms with van der Waals surface area (Å²) in [6.07, 6.45) is 0. The molecule has 0 saturated heterocycles. The van der Waals surface area contributed by atoms with Crippen molar-refractivity contribution < 1.29 is 4.79 Å². The van der Waals surface area contributed by atoms with Crippen LogP contribution in [0.4, 0.5) is 5.69 Å². The fourth-order valence-electron chi connectivity index (χ4n) is 2.17. The molecule has 0 fully saturated rings. The van der Waals surface area contributed by atoms with E-state index in [0.29, 0.717) is 28.0 Å². The highest BCUT2D eigenvalue weighted by Crippen LogP contribution is 2.21. The van der Waals surface area contributed by atoms with E-state index in [0.717, 1.165) is 5.56 Å².